The molecule has 2 heterocycles. The Balaban J connectivity index is 2.07. The maximum Gasteiger partial charge on any atom is 0.268 e. The third-order valence-electron chi connectivity index (χ3n) is 3.20. The summed E-state index contributed by atoms with van der Waals surface area (Å²) in [5, 5.41) is 5.09. The standard InChI is InChI=1S/C12H18BrN3O2/c1-18-11-3-6-15(9-11)10-7-12(17)16(14-8-10)5-2-4-13/h7-8,11H,2-6,9H2,1H3. The average molecular weight is 316 g/mol. The summed E-state index contributed by atoms with van der Waals surface area (Å²) in [4.78, 5) is 14.0. The maximum atomic E-state index is 11.9. The highest BCUT2D eigenvalue weighted by molar-refractivity contribution is 9.09. The number of aromatic nitrogens is 2. The van der Waals surface area contributed by atoms with E-state index in [1.807, 2.05) is 0 Å². The van der Waals surface area contributed by atoms with Crippen molar-refractivity contribution in [3.05, 3.63) is 22.6 Å². The van der Waals surface area contributed by atoms with Crippen LogP contribution in [0.1, 0.15) is 12.8 Å². The minimum atomic E-state index is -0.0330. The zero-order valence-corrected chi connectivity index (χ0v) is 12.1. The fraction of sp³-hybridized carbons (Fsp3) is 0.667. The lowest BCUT2D eigenvalue weighted by Crippen LogP contribution is -2.27. The molecule has 5 nitrogen and oxygen atoms in total. The van der Waals surface area contributed by atoms with Crippen LogP contribution in [-0.4, -0.2) is 41.4 Å². The van der Waals surface area contributed by atoms with E-state index >= 15 is 0 Å². The molecule has 0 spiro atoms. The molecule has 6 heteroatoms. The number of halogens is 1. The van der Waals surface area contributed by atoms with E-state index in [0.717, 1.165) is 36.9 Å². The number of rotatable bonds is 5. The van der Waals surface area contributed by atoms with Crippen LogP contribution in [0.25, 0.3) is 0 Å². The molecule has 0 saturated carbocycles. The van der Waals surface area contributed by atoms with Crippen molar-refractivity contribution in [1.29, 1.82) is 0 Å². The molecule has 1 fully saturated rings. The highest BCUT2D eigenvalue weighted by Gasteiger charge is 2.22. The van der Waals surface area contributed by atoms with Crippen LogP contribution in [0.15, 0.2) is 17.1 Å². The molecule has 100 valence electrons. The second-order valence-corrected chi connectivity index (χ2v) is 5.20. The molecule has 0 radical (unpaired) electrons. The lowest BCUT2D eigenvalue weighted by Gasteiger charge is -2.17. The zero-order chi connectivity index (χ0) is 13.0. The van der Waals surface area contributed by atoms with Crippen LogP contribution in [0, 0.1) is 0 Å². The topological polar surface area (TPSA) is 47.4 Å². The van der Waals surface area contributed by atoms with E-state index in [9.17, 15) is 4.79 Å². The molecule has 1 unspecified atom stereocenters. The second-order valence-electron chi connectivity index (χ2n) is 4.41. The van der Waals surface area contributed by atoms with Gasteiger partial charge in [0.05, 0.1) is 18.0 Å². The average Bonchev–Trinajstić information content (AvgIpc) is 2.86. The first-order valence-electron chi connectivity index (χ1n) is 6.15. The third-order valence-corrected chi connectivity index (χ3v) is 3.76. The number of hydrogen-bond donors (Lipinski definition) is 0. The van der Waals surface area contributed by atoms with Gasteiger partial charge in [-0.05, 0) is 12.8 Å². The van der Waals surface area contributed by atoms with Crippen molar-refractivity contribution in [1.82, 2.24) is 9.78 Å². The third kappa shape index (κ3) is 3.11. The predicted molar refractivity (Wildman–Crippen MR) is 74.5 cm³/mol. The molecule has 1 aromatic heterocycles. The number of aryl methyl sites for hydroxylation is 1. The molecule has 18 heavy (non-hydrogen) atoms. The number of nitrogens with zero attached hydrogens (tertiary/aromatic N) is 3. The molecular formula is C12H18BrN3O2. The fourth-order valence-electron chi connectivity index (χ4n) is 2.13. The Morgan fingerprint density at radius 1 is 1.61 bits per heavy atom. The van der Waals surface area contributed by atoms with Crippen LogP contribution >= 0.6 is 15.9 Å². The van der Waals surface area contributed by atoms with Crippen LogP contribution < -0.4 is 10.5 Å². The molecule has 0 amide bonds. The Hall–Kier alpha value is -0.880. The van der Waals surface area contributed by atoms with Crippen molar-refractivity contribution in [2.24, 2.45) is 0 Å². The summed E-state index contributed by atoms with van der Waals surface area (Å²) in [6, 6.07) is 1.67. The van der Waals surface area contributed by atoms with Gasteiger partial charge in [0, 0.05) is 38.1 Å². The number of hydrogen-bond acceptors (Lipinski definition) is 4. The van der Waals surface area contributed by atoms with Gasteiger partial charge < -0.3 is 9.64 Å². The second kappa shape index (κ2) is 6.33. The fourth-order valence-corrected chi connectivity index (χ4v) is 2.38. The van der Waals surface area contributed by atoms with Gasteiger partial charge in [0.2, 0.25) is 0 Å². The van der Waals surface area contributed by atoms with Crippen LogP contribution in [0.5, 0.6) is 0 Å². The first kappa shape index (κ1) is 13.5. The van der Waals surface area contributed by atoms with Crippen LogP contribution in [0.2, 0.25) is 0 Å². The van der Waals surface area contributed by atoms with Crippen molar-refractivity contribution in [2.75, 3.05) is 30.4 Å². The summed E-state index contributed by atoms with van der Waals surface area (Å²) in [7, 11) is 1.73. The number of anilines is 1. The van der Waals surface area contributed by atoms with E-state index in [2.05, 4.69) is 25.9 Å². The van der Waals surface area contributed by atoms with E-state index in [-0.39, 0.29) is 11.7 Å². The minimum absolute atomic E-state index is 0.0330. The summed E-state index contributed by atoms with van der Waals surface area (Å²) in [6.45, 7) is 2.42. The molecule has 1 atom stereocenters. The Labute approximate surface area is 115 Å². The molecule has 2 rings (SSSR count). The minimum Gasteiger partial charge on any atom is -0.380 e. The summed E-state index contributed by atoms with van der Waals surface area (Å²) in [5.41, 5.74) is 0.865. The highest BCUT2D eigenvalue weighted by Crippen LogP contribution is 2.19. The number of methoxy groups -OCH3 is 1. The Bertz CT molecular complexity index is 449. The summed E-state index contributed by atoms with van der Waals surface area (Å²) < 4.78 is 6.83. The van der Waals surface area contributed by atoms with Crippen LogP contribution in [0.3, 0.4) is 0 Å². The molecule has 1 saturated heterocycles. The first-order chi connectivity index (χ1) is 8.74. The van der Waals surface area contributed by atoms with Gasteiger partial charge in [0.1, 0.15) is 0 Å². The number of ether oxygens (including phenoxy) is 1. The van der Waals surface area contributed by atoms with Crippen molar-refractivity contribution >= 4 is 21.6 Å². The van der Waals surface area contributed by atoms with Gasteiger partial charge in [-0.1, -0.05) is 15.9 Å². The maximum absolute atomic E-state index is 11.9. The smallest absolute Gasteiger partial charge is 0.268 e. The van der Waals surface area contributed by atoms with Gasteiger partial charge in [0.15, 0.2) is 0 Å². The molecule has 1 aliphatic heterocycles. The Kier molecular flexibility index (Phi) is 4.77. The van der Waals surface area contributed by atoms with Crippen LogP contribution in [0.4, 0.5) is 5.69 Å². The Morgan fingerprint density at radius 2 is 2.44 bits per heavy atom. The zero-order valence-electron chi connectivity index (χ0n) is 10.5. The van der Waals surface area contributed by atoms with Gasteiger partial charge in [0.25, 0.3) is 5.56 Å². The Morgan fingerprint density at radius 3 is 3.06 bits per heavy atom. The van der Waals surface area contributed by atoms with E-state index in [4.69, 9.17) is 4.74 Å². The van der Waals surface area contributed by atoms with Crippen molar-refractivity contribution in [3.8, 4) is 0 Å². The van der Waals surface area contributed by atoms with Gasteiger partial charge >= 0.3 is 0 Å². The SMILES string of the molecule is COC1CCN(c2cnn(CCCBr)c(=O)c2)C1. The van der Waals surface area contributed by atoms with Crippen molar-refractivity contribution in [2.45, 2.75) is 25.5 Å². The van der Waals surface area contributed by atoms with Crippen molar-refractivity contribution in [3.63, 3.8) is 0 Å². The van der Waals surface area contributed by atoms with Gasteiger partial charge in [-0.25, -0.2) is 4.68 Å². The van der Waals surface area contributed by atoms with E-state index < -0.39 is 0 Å². The summed E-state index contributed by atoms with van der Waals surface area (Å²) >= 11 is 3.35. The van der Waals surface area contributed by atoms with E-state index in [1.54, 1.807) is 19.4 Å². The highest BCUT2D eigenvalue weighted by atomic mass is 79.9. The van der Waals surface area contributed by atoms with E-state index in [0.29, 0.717) is 6.54 Å². The van der Waals surface area contributed by atoms with E-state index in [1.165, 1.54) is 4.68 Å². The van der Waals surface area contributed by atoms with Crippen molar-refractivity contribution < 1.29 is 4.74 Å². The molecule has 0 N–H and O–H groups in total. The normalized spacial score (nSPS) is 19.4. The monoisotopic (exact) mass is 315 g/mol. The predicted octanol–water partition coefficient (Wildman–Crippen LogP) is 1.25. The van der Waals surface area contributed by atoms with Gasteiger partial charge in [-0.15, -0.1) is 0 Å². The molecule has 0 aromatic carbocycles. The summed E-state index contributed by atoms with van der Waals surface area (Å²) in [6.07, 6.45) is 3.94. The lowest BCUT2D eigenvalue weighted by atomic mass is 10.3. The molecule has 0 aliphatic carbocycles. The molecule has 0 bridgehead atoms. The van der Waals surface area contributed by atoms with Gasteiger partial charge in [-0.2, -0.15) is 5.10 Å². The molecular weight excluding hydrogens is 298 g/mol. The van der Waals surface area contributed by atoms with Crippen LogP contribution in [-0.2, 0) is 11.3 Å². The largest absolute Gasteiger partial charge is 0.380 e. The molecule has 1 aliphatic rings. The summed E-state index contributed by atoms with van der Waals surface area (Å²) in [5.74, 6) is 0. The first-order valence-corrected chi connectivity index (χ1v) is 7.27. The quantitative estimate of drug-likeness (QED) is 0.767. The van der Waals surface area contributed by atoms with Gasteiger partial charge in [-0.3, -0.25) is 4.79 Å². The lowest BCUT2D eigenvalue weighted by molar-refractivity contribution is 0.121. The molecule has 1 aromatic rings. The number of alkyl halides is 1.